The minimum Gasteiger partial charge on any atom is -0.461 e. The molecule has 1 aliphatic rings. The van der Waals surface area contributed by atoms with Gasteiger partial charge in [0.15, 0.2) is 0 Å². The van der Waals surface area contributed by atoms with Crippen LogP contribution in [0.3, 0.4) is 0 Å². The molecule has 0 spiro atoms. The first-order valence-electron chi connectivity index (χ1n) is 12.0. The molecule has 0 fully saturated rings. The van der Waals surface area contributed by atoms with Gasteiger partial charge in [-0.2, -0.15) is 0 Å². The number of rotatable bonds is 5. The van der Waals surface area contributed by atoms with Gasteiger partial charge in [-0.1, -0.05) is 36.8 Å². The maximum absolute atomic E-state index is 13.0. The van der Waals surface area contributed by atoms with Crippen LogP contribution in [-0.2, 0) is 19.4 Å². The fraction of sp³-hybridized carbons (Fsp3) is 0.200. The Kier molecular flexibility index (Phi) is 6.23. The van der Waals surface area contributed by atoms with Crippen LogP contribution in [-0.4, -0.2) is 23.3 Å². The number of anilines is 1. The van der Waals surface area contributed by atoms with E-state index in [2.05, 4.69) is 12.2 Å². The van der Waals surface area contributed by atoms with Crippen molar-refractivity contribution in [1.82, 2.24) is 4.90 Å². The highest BCUT2D eigenvalue weighted by Crippen LogP contribution is 2.31. The number of nitrogens with one attached hydrogen (secondary N) is 1. The van der Waals surface area contributed by atoms with Crippen molar-refractivity contribution in [2.24, 2.45) is 0 Å². The highest BCUT2D eigenvalue weighted by atomic mass is 16.3. The van der Waals surface area contributed by atoms with E-state index in [9.17, 15) is 9.59 Å². The molecule has 2 heterocycles. The second-order valence-electron chi connectivity index (χ2n) is 8.99. The fourth-order valence-electron chi connectivity index (χ4n) is 4.42. The summed E-state index contributed by atoms with van der Waals surface area (Å²) in [5.74, 6) is 1.62. The molecule has 0 saturated carbocycles. The maximum Gasteiger partial charge on any atom is 0.255 e. The zero-order valence-corrected chi connectivity index (χ0v) is 20.0. The SMILES string of the molecule is CCc1ccc(C(=O)Nc2ccc(-c3cc4c(o3)CCN(C(=O)c3cccc(C)c3)C4)cc2)cc1. The summed E-state index contributed by atoms with van der Waals surface area (Å²) in [5.41, 5.74) is 6.33. The van der Waals surface area contributed by atoms with E-state index in [0.29, 0.717) is 25.1 Å². The van der Waals surface area contributed by atoms with Crippen molar-refractivity contribution in [3.8, 4) is 11.3 Å². The number of aryl methyl sites for hydroxylation is 2. The molecule has 5 rings (SSSR count). The lowest BCUT2D eigenvalue weighted by Gasteiger charge is -2.26. The van der Waals surface area contributed by atoms with Crippen molar-refractivity contribution in [2.75, 3.05) is 11.9 Å². The van der Waals surface area contributed by atoms with Crippen LogP contribution in [0.1, 0.15) is 50.1 Å². The minimum atomic E-state index is -0.132. The molecule has 3 aromatic carbocycles. The van der Waals surface area contributed by atoms with Gasteiger partial charge >= 0.3 is 0 Å². The van der Waals surface area contributed by atoms with Gasteiger partial charge in [0.25, 0.3) is 11.8 Å². The van der Waals surface area contributed by atoms with E-state index < -0.39 is 0 Å². The molecule has 0 bridgehead atoms. The Labute approximate surface area is 205 Å². The molecule has 176 valence electrons. The third-order valence-electron chi connectivity index (χ3n) is 6.47. The summed E-state index contributed by atoms with van der Waals surface area (Å²) < 4.78 is 6.13. The van der Waals surface area contributed by atoms with Crippen LogP contribution in [0.5, 0.6) is 0 Å². The van der Waals surface area contributed by atoms with E-state index in [0.717, 1.165) is 45.9 Å². The second kappa shape index (κ2) is 9.63. The Morgan fingerprint density at radius 2 is 1.71 bits per heavy atom. The summed E-state index contributed by atoms with van der Waals surface area (Å²) in [5, 5.41) is 2.95. The van der Waals surface area contributed by atoms with E-state index in [1.807, 2.05) is 90.7 Å². The topological polar surface area (TPSA) is 62.6 Å². The van der Waals surface area contributed by atoms with Gasteiger partial charge in [-0.05, 0) is 73.5 Å². The van der Waals surface area contributed by atoms with Crippen molar-refractivity contribution in [3.05, 3.63) is 112 Å². The van der Waals surface area contributed by atoms with Crippen LogP contribution in [0.4, 0.5) is 5.69 Å². The number of amides is 2. The summed E-state index contributed by atoms with van der Waals surface area (Å²) in [6.07, 6.45) is 1.64. The van der Waals surface area contributed by atoms with E-state index in [1.165, 1.54) is 5.56 Å². The quantitative estimate of drug-likeness (QED) is 0.379. The molecule has 1 aromatic heterocycles. The standard InChI is InChI=1S/C30H28N2O3/c1-3-21-7-9-23(10-8-21)29(33)31-26-13-11-22(12-14-26)28-18-25-19-32(16-15-27(25)35-28)30(34)24-6-4-5-20(2)17-24/h4-14,17-18H,3,15-16,19H2,1-2H3,(H,31,33). The van der Waals surface area contributed by atoms with Crippen LogP contribution in [0.25, 0.3) is 11.3 Å². The number of furan rings is 1. The first kappa shape index (κ1) is 22.7. The first-order chi connectivity index (χ1) is 17.0. The summed E-state index contributed by atoms with van der Waals surface area (Å²) in [4.78, 5) is 27.4. The molecule has 0 unspecified atom stereocenters. The molecule has 1 aliphatic heterocycles. The zero-order valence-electron chi connectivity index (χ0n) is 20.0. The normalized spacial score (nSPS) is 12.8. The molecule has 2 amide bonds. The van der Waals surface area contributed by atoms with Gasteiger partial charge in [-0.3, -0.25) is 9.59 Å². The van der Waals surface area contributed by atoms with Crippen molar-refractivity contribution in [3.63, 3.8) is 0 Å². The number of benzene rings is 3. The first-order valence-corrected chi connectivity index (χ1v) is 12.0. The van der Waals surface area contributed by atoms with Gasteiger partial charge in [0, 0.05) is 47.5 Å². The fourth-order valence-corrected chi connectivity index (χ4v) is 4.42. The maximum atomic E-state index is 13.0. The molecule has 0 radical (unpaired) electrons. The Morgan fingerprint density at radius 3 is 2.43 bits per heavy atom. The summed E-state index contributed by atoms with van der Waals surface area (Å²) >= 11 is 0. The minimum absolute atomic E-state index is 0.0477. The van der Waals surface area contributed by atoms with Gasteiger partial charge in [0.05, 0.1) is 0 Å². The smallest absolute Gasteiger partial charge is 0.255 e. The van der Waals surface area contributed by atoms with Gasteiger partial charge in [0.2, 0.25) is 0 Å². The average molecular weight is 465 g/mol. The molecular weight excluding hydrogens is 436 g/mol. The van der Waals surface area contributed by atoms with Crippen LogP contribution in [0.15, 0.2) is 83.3 Å². The van der Waals surface area contributed by atoms with Gasteiger partial charge in [-0.15, -0.1) is 0 Å². The lowest BCUT2D eigenvalue weighted by atomic mass is 10.1. The predicted octanol–water partition coefficient (Wildman–Crippen LogP) is 6.27. The number of hydrogen-bond donors (Lipinski definition) is 1. The number of carbonyl (C=O) groups is 2. The second-order valence-corrected chi connectivity index (χ2v) is 8.99. The highest BCUT2D eigenvalue weighted by Gasteiger charge is 2.25. The van der Waals surface area contributed by atoms with Crippen LogP contribution >= 0.6 is 0 Å². The molecule has 0 saturated heterocycles. The van der Waals surface area contributed by atoms with Crippen LogP contribution in [0.2, 0.25) is 0 Å². The summed E-state index contributed by atoms with van der Waals surface area (Å²) in [6.45, 7) is 5.26. The summed E-state index contributed by atoms with van der Waals surface area (Å²) in [7, 11) is 0. The highest BCUT2D eigenvalue weighted by molar-refractivity contribution is 6.04. The molecule has 35 heavy (non-hydrogen) atoms. The Hall–Kier alpha value is -4.12. The van der Waals surface area contributed by atoms with Gasteiger partial charge in [-0.25, -0.2) is 0 Å². The molecule has 0 aliphatic carbocycles. The molecule has 5 heteroatoms. The number of hydrogen-bond acceptors (Lipinski definition) is 3. The van der Waals surface area contributed by atoms with E-state index in [-0.39, 0.29) is 11.8 Å². The van der Waals surface area contributed by atoms with Gasteiger partial charge in [0.1, 0.15) is 11.5 Å². The van der Waals surface area contributed by atoms with Crippen LogP contribution in [0, 0.1) is 6.92 Å². The lowest BCUT2D eigenvalue weighted by Crippen LogP contribution is -2.35. The summed E-state index contributed by atoms with van der Waals surface area (Å²) in [6, 6.07) is 25.0. The molecule has 5 nitrogen and oxygen atoms in total. The van der Waals surface area contributed by atoms with E-state index in [4.69, 9.17) is 4.42 Å². The lowest BCUT2D eigenvalue weighted by molar-refractivity contribution is 0.0729. The molecule has 0 atom stereocenters. The van der Waals surface area contributed by atoms with Crippen LogP contribution < -0.4 is 5.32 Å². The largest absolute Gasteiger partial charge is 0.461 e. The molecule has 4 aromatic rings. The molecular formula is C30H28N2O3. The number of nitrogens with zero attached hydrogens (tertiary/aromatic N) is 1. The number of fused-ring (bicyclic) bond motifs is 1. The molecule has 1 N–H and O–H groups in total. The zero-order chi connectivity index (χ0) is 24.4. The monoisotopic (exact) mass is 464 g/mol. The Bertz CT molecular complexity index is 1370. The number of carbonyl (C=O) groups excluding carboxylic acids is 2. The van der Waals surface area contributed by atoms with E-state index >= 15 is 0 Å². The third kappa shape index (κ3) is 4.90. The van der Waals surface area contributed by atoms with Crippen molar-refractivity contribution >= 4 is 17.5 Å². The van der Waals surface area contributed by atoms with Crippen molar-refractivity contribution in [2.45, 2.75) is 33.2 Å². The predicted molar refractivity (Wildman–Crippen MR) is 138 cm³/mol. The van der Waals surface area contributed by atoms with E-state index in [1.54, 1.807) is 0 Å². The third-order valence-corrected chi connectivity index (χ3v) is 6.47. The van der Waals surface area contributed by atoms with Crippen molar-refractivity contribution < 1.29 is 14.0 Å². The van der Waals surface area contributed by atoms with Gasteiger partial charge < -0.3 is 14.6 Å². The Morgan fingerprint density at radius 1 is 0.943 bits per heavy atom. The average Bonchev–Trinajstić information content (AvgIpc) is 3.32. The van der Waals surface area contributed by atoms with Crippen molar-refractivity contribution in [1.29, 1.82) is 0 Å². The Balaban J connectivity index is 1.26.